The van der Waals surface area contributed by atoms with Crippen LogP contribution in [0.2, 0.25) is 0 Å². The number of allylic oxidation sites excluding steroid dienone is 3. The van der Waals surface area contributed by atoms with Crippen molar-refractivity contribution in [3.63, 3.8) is 0 Å². The van der Waals surface area contributed by atoms with E-state index in [1.54, 1.807) is 0 Å². The smallest absolute Gasteiger partial charge is 0.0328 e. The van der Waals surface area contributed by atoms with Gasteiger partial charge in [0.25, 0.3) is 0 Å². The molecule has 0 rings (SSSR count). The highest BCUT2D eigenvalue weighted by molar-refractivity contribution is 4.86. The van der Waals surface area contributed by atoms with Crippen LogP contribution in [0, 0.1) is 0 Å². The minimum absolute atomic E-state index is 1.16. The molecule has 0 atom stereocenters. The Hall–Kier alpha value is -0.520. The lowest BCUT2D eigenvalue weighted by Crippen LogP contribution is -1.66. The quantitative estimate of drug-likeness (QED) is 0.531. The minimum Gasteiger partial charge on any atom is -0.100 e. The first-order valence-electron chi connectivity index (χ1n) is 4.44. The predicted molar refractivity (Wildman–Crippen MR) is 54.8 cm³/mol. The fourth-order valence-electron chi connectivity index (χ4n) is 0.662. The third kappa shape index (κ3) is 26.4. The van der Waals surface area contributed by atoms with Gasteiger partial charge in [0.1, 0.15) is 0 Å². The van der Waals surface area contributed by atoms with Gasteiger partial charge in [-0.3, -0.25) is 0 Å². The zero-order valence-electron chi connectivity index (χ0n) is 8.48. The van der Waals surface area contributed by atoms with Crippen LogP contribution in [0.5, 0.6) is 0 Å². The number of hydrogen-bond donors (Lipinski definition) is 0. The second-order valence-corrected chi connectivity index (χ2v) is 2.68. The van der Waals surface area contributed by atoms with E-state index in [0.29, 0.717) is 0 Å². The highest BCUT2D eigenvalue weighted by Gasteiger charge is 1.76. The number of hydrogen-bond acceptors (Lipinski definition) is 0. The van der Waals surface area contributed by atoms with Gasteiger partial charge in [-0.25, -0.2) is 0 Å². The van der Waals surface area contributed by atoms with E-state index in [-0.39, 0.29) is 0 Å². The fraction of sp³-hybridized carbons (Fsp3) is 0.636. The zero-order valence-corrected chi connectivity index (χ0v) is 8.48. The summed E-state index contributed by atoms with van der Waals surface area (Å²) >= 11 is 0. The molecule has 0 N–H and O–H groups in total. The summed E-state index contributed by atoms with van der Waals surface area (Å²) in [7, 11) is 0. The molecule has 0 unspecified atom stereocenters. The van der Waals surface area contributed by atoms with Gasteiger partial charge in [-0.1, -0.05) is 38.0 Å². The summed E-state index contributed by atoms with van der Waals surface area (Å²) < 4.78 is 0. The Balaban J connectivity index is 0. The lowest BCUT2D eigenvalue weighted by Gasteiger charge is -1.87. The van der Waals surface area contributed by atoms with Gasteiger partial charge in [0, 0.05) is 0 Å². The van der Waals surface area contributed by atoms with E-state index in [2.05, 4.69) is 39.5 Å². The average Bonchev–Trinajstić information content (AvgIpc) is 1.90. The van der Waals surface area contributed by atoms with Crippen molar-refractivity contribution in [3.05, 3.63) is 24.3 Å². The lowest BCUT2D eigenvalue weighted by molar-refractivity contribution is 0.910. The van der Waals surface area contributed by atoms with Gasteiger partial charge in [0.05, 0.1) is 0 Å². The standard InChI is InChI=1S/C6H12.C5H10/c1-4-5-6(2)3;1-3-5-4-2/h2,4-5H2,1,3H3;3,5H,4H2,1-2H3. The summed E-state index contributed by atoms with van der Waals surface area (Å²) in [5, 5.41) is 0. The van der Waals surface area contributed by atoms with E-state index in [1.807, 2.05) is 6.92 Å². The summed E-state index contributed by atoms with van der Waals surface area (Å²) in [6.45, 7) is 12.1. The van der Waals surface area contributed by atoms with E-state index in [9.17, 15) is 0 Å². The second kappa shape index (κ2) is 12.2. The summed E-state index contributed by atoms with van der Waals surface area (Å²) in [4.78, 5) is 0. The summed E-state index contributed by atoms with van der Waals surface area (Å²) in [6, 6.07) is 0. The second-order valence-electron chi connectivity index (χ2n) is 2.68. The Kier molecular flexibility index (Phi) is 14.5. The molecule has 11 heavy (non-hydrogen) atoms. The molecule has 0 saturated heterocycles. The molecule has 0 aromatic rings. The minimum atomic E-state index is 1.16. The van der Waals surface area contributed by atoms with E-state index in [0.717, 1.165) is 6.42 Å². The van der Waals surface area contributed by atoms with Gasteiger partial charge in [0.15, 0.2) is 0 Å². The van der Waals surface area contributed by atoms with E-state index in [4.69, 9.17) is 0 Å². The molecule has 0 aliphatic rings. The van der Waals surface area contributed by atoms with Crippen LogP contribution in [0.4, 0.5) is 0 Å². The molecule has 0 aromatic carbocycles. The molecule has 0 fully saturated rings. The van der Waals surface area contributed by atoms with Crippen molar-refractivity contribution in [2.75, 3.05) is 0 Å². The van der Waals surface area contributed by atoms with Crippen molar-refractivity contribution < 1.29 is 0 Å². The topological polar surface area (TPSA) is 0 Å². The van der Waals surface area contributed by atoms with Crippen LogP contribution in [0.25, 0.3) is 0 Å². The Bertz CT molecular complexity index is 98.6. The largest absolute Gasteiger partial charge is 0.100 e. The molecule has 0 aliphatic heterocycles. The molecule has 0 aliphatic carbocycles. The third-order valence-electron chi connectivity index (χ3n) is 1.15. The van der Waals surface area contributed by atoms with Crippen LogP contribution in [0.15, 0.2) is 24.3 Å². The van der Waals surface area contributed by atoms with E-state index < -0.39 is 0 Å². The summed E-state index contributed by atoms with van der Waals surface area (Å²) in [5.74, 6) is 0. The molecular weight excluding hydrogens is 132 g/mol. The third-order valence-corrected chi connectivity index (χ3v) is 1.15. The fourth-order valence-corrected chi connectivity index (χ4v) is 0.662. The van der Waals surface area contributed by atoms with Crippen molar-refractivity contribution in [3.8, 4) is 0 Å². The molecule has 0 amide bonds. The first-order chi connectivity index (χ1) is 5.18. The highest BCUT2D eigenvalue weighted by Crippen LogP contribution is 1.96. The molecule has 0 spiro atoms. The number of rotatable bonds is 3. The van der Waals surface area contributed by atoms with Crippen LogP contribution in [0.1, 0.15) is 47.0 Å². The normalized spacial score (nSPS) is 9.09. The predicted octanol–water partition coefficient (Wildman–Crippen LogP) is 4.34. The van der Waals surface area contributed by atoms with Crippen molar-refractivity contribution in [2.24, 2.45) is 0 Å². The molecule has 0 radical (unpaired) electrons. The van der Waals surface area contributed by atoms with E-state index in [1.165, 1.54) is 18.4 Å². The maximum Gasteiger partial charge on any atom is -0.0328 e. The Morgan fingerprint density at radius 1 is 1.36 bits per heavy atom. The van der Waals surface area contributed by atoms with Crippen LogP contribution in [-0.4, -0.2) is 0 Å². The van der Waals surface area contributed by atoms with Crippen LogP contribution < -0.4 is 0 Å². The van der Waals surface area contributed by atoms with Gasteiger partial charge >= 0.3 is 0 Å². The monoisotopic (exact) mass is 154 g/mol. The van der Waals surface area contributed by atoms with Gasteiger partial charge < -0.3 is 0 Å². The van der Waals surface area contributed by atoms with Gasteiger partial charge in [0.2, 0.25) is 0 Å². The molecule has 0 saturated carbocycles. The molecular formula is C11H22. The van der Waals surface area contributed by atoms with Crippen LogP contribution in [0.3, 0.4) is 0 Å². The molecule has 66 valence electrons. The van der Waals surface area contributed by atoms with Gasteiger partial charge in [-0.2, -0.15) is 0 Å². The zero-order chi connectivity index (χ0) is 9.11. The molecule has 0 bridgehead atoms. The molecule has 0 heterocycles. The van der Waals surface area contributed by atoms with Crippen molar-refractivity contribution in [2.45, 2.75) is 47.0 Å². The molecule has 0 nitrogen and oxygen atoms in total. The maximum atomic E-state index is 3.74. The van der Waals surface area contributed by atoms with E-state index >= 15 is 0 Å². The Labute approximate surface area is 72.0 Å². The van der Waals surface area contributed by atoms with Gasteiger partial charge in [-0.15, -0.1) is 6.58 Å². The molecule has 0 aromatic heterocycles. The Morgan fingerprint density at radius 2 is 1.91 bits per heavy atom. The van der Waals surface area contributed by atoms with Crippen molar-refractivity contribution in [1.29, 1.82) is 0 Å². The summed E-state index contributed by atoms with van der Waals surface area (Å²) in [6.07, 6.45) is 7.76. The molecule has 0 heteroatoms. The van der Waals surface area contributed by atoms with Crippen molar-refractivity contribution in [1.82, 2.24) is 0 Å². The first-order valence-corrected chi connectivity index (χ1v) is 4.44. The Morgan fingerprint density at radius 3 is 1.91 bits per heavy atom. The lowest BCUT2D eigenvalue weighted by atomic mass is 10.2. The van der Waals surface area contributed by atoms with Crippen LogP contribution in [-0.2, 0) is 0 Å². The van der Waals surface area contributed by atoms with Crippen LogP contribution >= 0.6 is 0 Å². The highest BCUT2D eigenvalue weighted by atomic mass is 13.8. The van der Waals surface area contributed by atoms with Crippen molar-refractivity contribution >= 4 is 0 Å². The maximum absolute atomic E-state index is 3.74. The first kappa shape index (κ1) is 13.1. The summed E-state index contributed by atoms with van der Waals surface area (Å²) in [5.41, 5.74) is 1.29. The van der Waals surface area contributed by atoms with Gasteiger partial charge in [-0.05, 0) is 26.7 Å². The average molecular weight is 154 g/mol. The SMILES string of the molecule is C=C(C)CCC.CC=CCC.